The van der Waals surface area contributed by atoms with E-state index in [-0.39, 0.29) is 11.6 Å². The summed E-state index contributed by atoms with van der Waals surface area (Å²) in [7, 11) is 0. The van der Waals surface area contributed by atoms with Gasteiger partial charge >= 0.3 is 0 Å². The first-order chi connectivity index (χ1) is 7.36. The molecule has 0 saturated heterocycles. The van der Waals surface area contributed by atoms with Crippen molar-refractivity contribution in [1.29, 1.82) is 0 Å². The van der Waals surface area contributed by atoms with Crippen molar-refractivity contribution in [1.82, 2.24) is 20.3 Å². The van der Waals surface area contributed by atoms with Crippen molar-refractivity contribution >= 4 is 5.91 Å². The van der Waals surface area contributed by atoms with Crippen molar-refractivity contribution in [2.75, 3.05) is 0 Å². The maximum atomic E-state index is 11.5. The summed E-state index contributed by atoms with van der Waals surface area (Å²) < 4.78 is 4.76. The average Bonchev–Trinajstić information content (AvgIpc) is 2.80. The summed E-state index contributed by atoms with van der Waals surface area (Å²) in [6.45, 7) is 0.311. The lowest BCUT2D eigenvalue weighted by molar-refractivity contribution is 0.0945. The van der Waals surface area contributed by atoms with Gasteiger partial charge in [0.15, 0.2) is 6.39 Å². The zero-order chi connectivity index (χ0) is 10.5. The summed E-state index contributed by atoms with van der Waals surface area (Å²) >= 11 is 0. The molecule has 0 saturated carbocycles. The van der Waals surface area contributed by atoms with E-state index < -0.39 is 0 Å². The second kappa shape index (κ2) is 4.32. The van der Waals surface area contributed by atoms with Gasteiger partial charge in [-0.1, -0.05) is 0 Å². The quantitative estimate of drug-likeness (QED) is 0.782. The maximum Gasteiger partial charge on any atom is 0.271 e. The molecule has 6 nitrogen and oxygen atoms in total. The van der Waals surface area contributed by atoms with E-state index in [0.717, 1.165) is 0 Å². The van der Waals surface area contributed by atoms with Crippen molar-refractivity contribution < 1.29 is 9.21 Å². The molecule has 1 amide bonds. The molecular weight excluding hydrogens is 196 g/mol. The van der Waals surface area contributed by atoms with Gasteiger partial charge in [-0.3, -0.25) is 9.78 Å². The Hall–Kier alpha value is -2.24. The van der Waals surface area contributed by atoms with Crippen LogP contribution in [0.3, 0.4) is 0 Å². The Morgan fingerprint density at radius 2 is 2.33 bits per heavy atom. The number of carbonyl (C=O) groups is 1. The van der Waals surface area contributed by atoms with Crippen LogP contribution in [0.25, 0.3) is 0 Å². The number of nitrogens with one attached hydrogen (secondary N) is 1. The molecule has 0 spiro atoms. The summed E-state index contributed by atoms with van der Waals surface area (Å²) in [5, 5.41) is 2.64. The Bertz CT molecular complexity index is 427. The maximum absolute atomic E-state index is 11.5. The Morgan fingerprint density at radius 1 is 1.40 bits per heavy atom. The van der Waals surface area contributed by atoms with Crippen LogP contribution >= 0.6 is 0 Å². The summed E-state index contributed by atoms with van der Waals surface area (Å²) in [6, 6.07) is 0. The van der Waals surface area contributed by atoms with E-state index >= 15 is 0 Å². The van der Waals surface area contributed by atoms with E-state index in [1.807, 2.05) is 0 Å². The van der Waals surface area contributed by atoms with E-state index in [2.05, 4.69) is 20.3 Å². The van der Waals surface area contributed by atoms with Crippen LogP contribution in [0.4, 0.5) is 0 Å². The van der Waals surface area contributed by atoms with E-state index in [1.165, 1.54) is 31.2 Å². The first kappa shape index (κ1) is 9.32. The van der Waals surface area contributed by atoms with Gasteiger partial charge in [-0.25, -0.2) is 9.97 Å². The highest BCUT2D eigenvalue weighted by molar-refractivity contribution is 5.91. The lowest BCUT2D eigenvalue weighted by Crippen LogP contribution is -2.23. The molecule has 0 aliphatic rings. The Balaban J connectivity index is 1.94. The summed E-state index contributed by atoms with van der Waals surface area (Å²) in [5.74, 6) is -0.286. The average molecular weight is 204 g/mol. The highest BCUT2D eigenvalue weighted by atomic mass is 16.3. The van der Waals surface area contributed by atoms with Gasteiger partial charge in [0.05, 0.1) is 18.4 Å². The predicted octanol–water partition coefficient (Wildman–Crippen LogP) is 0.395. The third kappa shape index (κ3) is 2.37. The van der Waals surface area contributed by atoms with Gasteiger partial charge in [-0.15, -0.1) is 0 Å². The van der Waals surface area contributed by atoms with E-state index in [9.17, 15) is 4.79 Å². The number of carbonyl (C=O) groups excluding carboxylic acids is 1. The second-order valence-electron chi connectivity index (χ2n) is 2.75. The number of oxazole rings is 1. The molecule has 0 unspecified atom stereocenters. The molecule has 0 radical (unpaired) electrons. The van der Waals surface area contributed by atoms with Gasteiger partial charge in [-0.05, 0) is 0 Å². The molecule has 0 atom stereocenters. The van der Waals surface area contributed by atoms with Crippen molar-refractivity contribution in [3.8, 4) is 0 Å². The highest BCUT2D eigenvalue weighted by Gasteiger charge is 2.06. The molecular formula is C9H8N4O2. The molecule has 2 rings (SSSR count). The fourth-order valence-corrected chi connectivity index (χ4v) is 1.00. The molecule has 0 aliphatic heterocycles. The molecule has 0 aliphatic carbocycles. The summed E-state index contributed by atoms with van der Waals surface area (Å²) in [5.41, 5.74) is 0.938. The Morgan fingerprint density at radius 3 is 3.00 bits per heavy atom. The summed E-state index contributed by atoms with van der Waals surface area (Å²) in [4.78, 5) is 23.0. The molecule has 1 N–H and O–H groups in total. The van der Waals surface area contributed by atoms with Crippen LogP contribution in [0.2, 0.25) is 0 Å². The molecule has 0 fully saturated rings. The van der Waals surface area contributed by atoms with Crippen molar-refractivity contribution in [3.63, 3.8) is 0 Å². The van der Waals surface area contributed by atoms with E-state index in [4.69, 9.17) is 4.42 Å². The highest BCUT2D eigenvalue weighted by Crippen LogP contribution is 1.95. The van der Waals surface area contributed by atoms with Gasteiger partial charge in [0, 0.05) is 12.4 Å². The predicted molar refractivity (Wildman–Crippen MR) is 49.7 cm³/mol. The van der Waals surface area contributed by atoms with Gasteiger partial charge in [-0.2, -0.15) is 0 Å². The van der Waals surface area contributed by atoms with Crippen LogP contribution in [-0.4, -0.2) is 20.9 Å². The number of rotatable bonds is 3. The lowest BCUT2D eigenvalue weighted by Gasteiger charge is -2.00. The molecule has 2 heterocycles. The van der Waals surface area contributed by atoms with E-state index in [1.54, 1.807) is 0 Å². The molecule has 2 aromatic rings. The van der Waals surface area contributed by atoms with Crippen molar-refractivity contribution in [2.45, 2.75) is 6.54 Å². The molecule has 6 heteroatoms. The van der Waals surface area contributed by atoms with Crippen LogP contribution in [0.1, 0.15) is 16.2 Å². The topological polar surface area (TPSA) is 80.9 Å². The fraction of sp³-hybridized carbons (Fsp3) is 0.111. The minimum atomic E-state index is -0.286. The Kier molecular flexibility index (Phi) is 2.68. The van der Waals surface area contributed by atoms with Crippen LogP contribution in [0.5, 0.6) is 0 Å². The van der Waals surface area contributed by atoms with Crippen LogP contribution in [0, 0.1) is 0 Å². The lowest BCUT2D eigenvalue weighted by atomic mass is 10.4. The number of hydrogen-bond acceptors (Lipinski definition) is 5. The standard InChI is InChI=1S/C9H8N4O2/c14-9(8-4-10-1-2-11-8)12-3-7-5-15-6-13-7/h1-2,4-6H,3H2,(H,12,14). The molecule has 0 aromatic carbocycles. The van der Waals surface area contributed by atoms with E-state index in [0.29, 0.717) is 12.2 Å². The first-order valence-electron chi connectivity index (χ1n) is 4.27. The van der Waals surface area contributed by atoms with Gasteiger partial charge in [0.25, 0.3) is 5.91 Å². The number of nitrogens with zero attached hydrogens (tertiary/aromatic N) is 3. The number of amides is 1. The van der Waals surface area contributed by atoms with Gasteiger partial charge in [0.1, 0.15) is 12.0 Å². The summed E-state index contributed by atoms with van der Waals surface area (Å²) in [6.07, 6.45) is 7.15. The SMILES string of the molecule is O=C(NCc1cocn1)c1cnccn1. The van der Waals surface area contributed by atoms with Gasteiger partial charge in [0.2, 0.25) is 0 Å². The van der Waals surface area contributed by atoms with Crippen molar-refractivity contribution in [3.05, 3.63) is 42.6 Å². The number of hydrogen-bond donors (Lipinski definition) is 1. The van der Waals surface area contributed by atoms with Crippen LogP contribution < -0.4 is 5.32 Å². The third-order valence-electron chi connectivity index (χ3n) is 1.71. The largest absolute Gasteiger partial charge is 0.451 e. The normalized spacial score (nSPS) is 9.87. The molecule has 0 bridgehead atoms. The second-order valence-corrected chi connectivity index (χ2v) is 2.75. The molecule has 76 valence electrons. The van der Waals surface area contributed by atoms with Crippen LogP contribution in [-0.2, 0) is 6.54 Å². The smallest absolute Gasteiger partial charge is 0.271 e. The molecule has 15 heavy (non-hydrogen) atoms. The zero-order valence-electron chi connectivity index (χ0n) is 7.75. The third-order valence-corrected chi connectivity index (χ3v) is 1.71. The van der Waals surface area contributed by atoms with Crippen LogP contribution in [0.15, 0.2) is 35.7 Å². The molecule has 2 aromatic heterocycles. The minimum Gasteiger partial charge on any atom is -0.451 e. The monoisotopic (exact) mass is 204 g/mol. The number of aromatic nitrogens is 3. The first-order valence-corrected chi connectivity index (χ1v) is 4.27. The van der Waals surface area contributed by atoms with Gasteiger partial charge < -0.3 is 9.73 Å². The fourth-order valence-electron chi connectivity index (χ4n) is 1.00. The minimum absolute atomic E-state index is 0.279. The zero-order valence-corrected chi connectivity index (χ0v) is 7.75. The van der Waals surface area contributed by atoms with Crippen molar-refractivity contribution in [2.24, 2.45) is 0 Å². The Labute approximate surface area is 85.4 Å².